The van der Waals surface area contributed by atoms with Crippen LogP contribution in [0.15, 0.2) is 47.7 Å². The second-order valence-corrected chi connectivity index (χ2v) is 10.4. The molecule has 0 radical (unpaired) electrons. The van der Waals surface area contributed by atoms with Gasteiger partial charge in [-0.1, -0.05) is 31.2 Å². The first-order chi connectivity index (χ1) is 17.3. The van der Waals surface area contributed by atoms with E-state index in [1.54, 1.807) is 21.9 Å². The minimum Gasteiger partial charge on any atom is -0.501 e. The largest absolute Gasteiger partial charge is 0.501 e. The molecular formula is C26H29N5O4S. The molecule has 1 amide bonds. The van der Waals surface area contributed by atoms with Crippen LogP contribution in [0, 0.1) is 0 Å². The molecule has 0 aliphatic carbocycles. The number of aryl methyl sites for hydroxylation is 1. The maximum Gasteiger partial charge on any atom is 0.302 e. The van der Waals surface area contributed by atoms with Gasteiger partial charge in [0.25, 0.3) is 0 Å². The van der Waals surface area contributed by atoms with Crippen molar-refractivity contribution in [3.05, 3.63) is 69.2 Å². The molecule has 1 N–H and O–H groups in total. The molecule has 2 atom stereocenters. The van der Waals surface area contributed by atoms with E-state index in [0.717, 1.165) is 16.9 Å². The van der Waals surface area contributed by atoms with E-state index in [0.29, 0.717) is 24.5 Å². The van der Waals surface area contributed by atoms with Crippen LogP contribution in [-0.2, 0) is 28.9 Å². The van der Waals surface area contributed by atoms with Crippen LogP contribution in [0.2, 0.25) is 0 Å². The highest BCUT2D eigenvalue weighted by Gasteiger charge is 2.27. The van der Waals surface area contributed by atoms with E-state index in [1.165, 1.54) is 27.5 Å². The first kappa shape index (κ1) is 24.2. The van der Waals surface area contributed by atoms with Crippen LogP contribution in [0.3, 0.4) is 0 Å². The van der Waals surface area contributed by atoms with Crippen molar-refractivity contribution in [2.75, 3.05) is 13.1 Å². The molecule has 10 heteroatoms. The second kappa shape index (κ2) is 9.87. The summed E-state index contributed by atoms with van der Waals surface area (Å²) in [5.41, 5.74) is 1.97. The van der Waals surface area contributed by atoms with Gasteiger partial charge in [-0.25, -0.2) is 14.4 Å². The Hall–Kier alpha value is -3.50. The van der Waals surface area contributed by atoms with Crippen LogP contribution in [0.4, 0.5) is 0 Å². The van der Waals surface area contributed by atoms with E-state index >= 15 is 0 Å². The normalized spacial score (nSPS) is 18.1. The molecule has 5 rings (SSSR count). The Morgan fingerprint density at radius 1 is 1.14 bits per heavy atom. The quantitative estimate of drug-likeness (QED) is 0.430. The van der Waals surface area contributed by atoms with Crippen LogP contribution in [-0.4, -0.2) is 60.1 Å². The van der Waals surface area contributed by atoms with Crippen molar-refractivity contribution in [2.24, 2.45) is 0 Å². The van der Waals surface area contributed by atoms with Crippen molar-refractivity contribution in [2.45, 2.75) is 52.4 Å². The average molecular weight is 508 g/mol. The van der Waals surface area contributed by atoms with Gasteiger partial charge in [-0.2, -0.15) is 0 Å². The number of morpholine rings is 1. The van der Waals surface area contributed by atoms with Gasteiger partial charge < -0.3 is 19.3 Å². The van der Waals surface area contributed by atoms with Crippen molar-refractivity contribution in [3.63, 3.8) is 0 Å². The topological polar surface area (TPSA) is 102 Å². The van der Waals surface area contributed by atoms with Gasteiger partial charge in [-0.05, 0) is 31.4 Å². The monoisotopic (exact) mass is 507 g/mol. The SMILES string of the molecule is CCc1ccc(Cc2cnc(-c3nc4n(CC(=O)N5CC(C)OC(C)C5)ccn4c(=O)c3O)s2)cc1. The zero-order valence-corrected chi connectivity index (χ0v) is 21.4. The number of amides is 1. The summed E-state index contributed by atoms with van der Waals surface area (Å²) in [7, 11) is 0. The lowest BCUT2D eigenvalue weighted by atomic mass is 10.1. The summed E-state index contributed by atoms with van der Waals surface area (Å²) >= 11 is 1.39. The van der Waals surface area contributed by atoms with Gasteiger partial charge in [-0.3, -0.25) is 9.59 Å². The van der Waals surface area contributed by atoms with Gasteiger partial charge >= 0.3 is 5.56 Å². The third-order valence-electron chi connectivity index (χ3n) is 6.37. The average Bonchev–Trinajstić information content (AvgIpc) is 3.48. The molecule has 36 heavy (non-hydrogen) atoms. The lowest BCUT2D eigenvalue weighted by molar-refractivity contribution is -0.143. The number of ether oxygens (including phenoxy) is 1. The molecule has 1 aliphatic rings. The Labute approximate surface area is 212 Å². The standard InChI is InChI=1S/C26H29N5O4S/c1-4-18-5-7-19(8-6-18)11-20-12-27-24(36-20)22-23(33)25(34)31-10-9-29(26(31)28-22)15-21(32)30-13-16(2)35-17(3)14-30/h5-10,12,16-17,33H,4,11,13-15H2,1-3H3. The maximum absolute atomic E-state index is 13.0. The van der Waals surface area contributed by atoms with E-state index in [1.807, 2.05) is 13.8 Å². The molecule has 188 valence electrons. The summed E-state index contributed by atoms with van der Waals surface area (Å²) in [6.07, 6.45) is 6.51. The third-order valence-corrected chi connectivity index (χ3v) is 7.37. The van der Waals surface area contributed by atoms with E-state index in [2.05, 4.69) is 41.2 Å². The third kappa shape index (κ3) is 4.78. The van der Waals surface area contributed by atoms with E-state index < -0.39 is 11.3 Å². The fourth-order valence-electron chi connectivity index (χ4n) is 4.56. The lowest BCUT2D eigenvalue weighted by Gasteiger charge is -2.35. The van der Waals surface area contributed by atoms with Crippen molar-refractivity contribution >= 4 is 23.0 Å². The first-order valence-electron chi connectivity index (χ1n) is 12.1. The summed E-state index contributed by atoms with van der Waals surface area (Å²) in [5, 5.41) is 11.1. The second-order valence-electron chi connectivity index (χ2n) is 9.24. The van der Waals surface area contributed by atoms with E-state index in [4.69, 9.17) is 4.74 Å². The molecule has 9 nitrogen and oxygen atoms in total. The zero-order chi connectivity index (χ0) is 25.4. The molecule has 1 aliphatic heterocycles. The molecule has 1 fully saturated rings. The van der Waals surface area contributed by atoms with Gasteiger partial charge in [-0.15, -0.1) is 11.3 Å². The Balaban J connectivity index is 1.41. The number of nitrogens with zero attached hydrogens (tertiary/aromatic N) is 5. The summed E-state index contributed by atoms with van der Waals surface area (Å²) in [5.74, 6) is -0.257. The number of carbonyl (C=O) groups is 1. The number of hydrogen-bond donors (Lipinski definition) is 1. The van der Waals surface area contributed by atoms with Crippen molar-refractivity contribution in [1.29, 1.82) is 0 Å². The fourth-order valence-corrected chi connectivity index (χ4v) is 5.49. The highest BCUT2D eigenvalue weighted by molar-refractivity contribution is 7.15. The van der Waals surface area contributed by atoms with Gasteiger partial charge in [0.2, 0.25) is 17.4 Å². The summed E-state index contributed by atoms with van der Waals surface area (Å²) in [6.45, 7) is 7.08. The van der Waals surface area contributed by atoms with Crippen LogP contribution in [0.1, 0.15) is 36.8 Å². The predicted octanol–water partition coefficient (Wildman–Crippen LogP) is 3.11. The van der Waals surface area contributed by atoms with Gasteiger partial charge in [0.05, 0.1) is 12.2 Å². The Bertz CT molecular complexity index is 1450. The molecular weight excluding hydrogens is 478 g/mol. The summed E-state index contributed by atoms with van der Waals surface area (Å²) in [4.78, 5) is 37.7. The van der Waals surface area contributed by atoms with Crippen LogP contribution >= 0.6 is 11.3 Å². The summed E-state index contributed by atoms with van der Waals surface area (Å²) < 4.78 is 8.60. The molecule has 4 aromatic rings. The minimum absolute atomic E-state index is 0.0312. The van der Waals surface area contributed by atoms with Crippen molar-refractivity contribution in [3.8, 4) is 16.5 Å². The van der Waals surface area contributed by atoms with E-state index in [9.17, 15) is 14.7 Å². The van der Waals surface area contributed by atoms with Gasteiger partial charge in [0.1, 0.15) is 11.6 Å². The number of carbonyl (C=O) groups excluding carboxylic acids is 1. The molecule has 3 aromatic heterocycles. The number of benzene rings is 1. The maximum atomic E-state index is 13.0. The number of aromatic hydroxyl groups is 1. The number of hydrogen-bond acceptors (Lipinski definition) is 7. The first-order valence-corrected chi connectivity index (χ1v) is 12.9. The smallest absolute Gasteiger partial charge is 0.302 e. The van der Waals surface area contributed by atoms with Crippen LogP contribution < -0.4 is 5.56 Å². The molecule has 0 saturated carbocycles. The van der Waals surface area contributed by atoms with Gasteiger partial charge in [0, 0.05) is 43.0 Å². The fraction of sp³-hybridized carbons (Fsp3) is 0.385. The summed E-state index contributed by atoms with van der Waals surface area (Å²) in [6, 6.07) is 8.44. The number of rotatable bonds is 6. The molecule has 2 unspecified atom stereocenters. The molecule has 0 spiro atoms. The number of aromatic nitrogens is 4. The molecule has 1 aromatic carbocycles. The molecule has 0 bridgehead atoms. The van der Waals surface area contributed by atoms with Crippen LogP contribution in [0.5, 0.6) is 5.75 Å². The highest BCUT2D eigenvalue weighted by Crippen LogP contribution is 2.30. The molecule has 4 heterocycles. The zero-order valence-electron chi connectivity index (χ0n) is 20.5. The number of thiazole rings is 1. The lowest BCUT2D eigenvalue weighted by Crippen LogP contribution is -2.49. The Morgan fingerprint density at radius 3 is 2.53 bits per heavy atom. The number of fused-ring (bicyclic) bond motifs is 1. The predicted molar refractivity (Wildman–Crippen MR) is 137 cm³/mol. The van der Waals surface area contributed by atoms with Crippen molar-refractivity contribution in [1.82, 2.24) is 23.8 Å². The highest BCUT2D eigenvalue weighted by atomic mass is 32.1. The Morgan fingerprint density at radius 2 is 1.83 bits per heavy atom. The number of imidazole rings is 1. The minimum atomic E-state index is -0.596. The van der Waals surface area contributed by atoms with Crippen LogP contribution in [0.25, 0.3) is 16.5 Å². The van der Waals surface area contributed by atoms with Gasteiger partial charge in [0.15, 0.2) is 5.69 Å². The van der Waals surface area contributed by atoms with Crippen molar-refractivity contribution < 1.29 is 14.6 Å². The van der Waals surface area contributed by atoms with E-state index in [-0.39, 0.29) is 36.1 Å². The molecule has 1 saturated heterocycles. The Kier molecular flexibility index (Phi) is 6.63.